The third-order valence-corrected chi connectivity index (χ3v) is 2.92. The van der Waals surface area contributed by atoms with Crippen molar-refractivity contribution in [3.63, 3.8) is 0 Å². The molecule has 1 aromatic rings. The number of piperidine rings is 1. The zero-order valence-corrected chi connectivity index (χ0v) is 9.91. The van der Waals surface area contributed by atoms with Gasteiger partial charge in [0.2, 0.25) is 0 Å². The predicted octanol–water partition coefficient (Wildman–Crippen LogP) is 2.04. The average Bonchev–Trinajstić information content (AvgIpc) is 2.30. The lowest BCUT2D eigenvalue weighted by Gasteiger charge is -2.22. The van der Waals surface area contributed by atoms with E-state index < -0.39 is 0 Å². The maximum Gasteiger partial charge on any atom is 0.317 e. The zero-order chi connectivity index (χ0) is 11.2. The quantitative estimate of drug-likeness (QED) is 0.820. The summed E-state index contributed by atoms with van der Waals surface area (Å²) in [5, 5.41) is 3.89. The van der Waals surface area contributed by atoms with E-state index in [1.54, 1.807) is 12.3 Å². The Labute approximate surface area is 100 Å². The molecule has 0 amide bonds. The molecule has 4 nitrogen and oxygen atoms in total. The summed E-state index contributed by atoms with van der Waals surface area (Å²) in [7, 11) is 0. The van der Waals surface area contributed by atoms with Crippen molar-refractivity contribution in [3.05, 3.63) is 17.4 Å². The molecule has 0 bridgehead atoms. The third-order valence-electron chi connectivity index (χ3n) is 2.71. The summed E-state index contributed by atoms with van der Waals surface area (Å²) in [5.41, 5.74) is 0. The molecule has 0 saturated carbocycles. The normalized spacial score (nSPS) is 20.7. The van der Waals surface area contributed by atoms with Gasteiger partial charge in [-0.15, -0.1) is 0 Å². The monoisotopic (exact) mass is 241 g/mol. The average molecular weight is 242 g/mol. The highest BCUT2D eigenvalue weighted by Crippen LogP contribution is 2.11. The summed E-state index contributed by atoms with van der Waals surface area (Å²) < 4.78 is 5.44. The third kappa shape index (κ3) is 3.61. The van der Waals surface area contributed by atoms with E-state index in [2.05, 4.69) is 15.3 Å². The Kier molecular flexibility index (Phi) is 4.36. The van der Waals surface area contributed by atoms with Crippen LogP contribution in [-0.2, 0) is 0 Å². The molecule has 0 radical (unpaired) electrons. The van der Waals surface area contributed by atoms with E-state index in [-0.39, 0.29) is 0 Å². The molecule has 1 fully saturated rings. The van der Waals surface area contributed by atoms with Crippen molar-refractivity contribution in [2.45, 2.75) is 31.7 Å². The lowest BCUT2D eigenvalue weighted by molar-refractivity contribution is 0.252. The zero-order valence-electron chi connectivity index (χ0n) is 9.16. The summed E-state index contributed by atoms with van der Waals surface area (Å²) in [5.74, 6) is 0. The minimum Gasteiger partial charge on any atom is -0.463 e. The van der Waals surface area contributed by atoms with Gasteiger partial charge in [0.1, 0.15) is 5.15 Å². The van der Waals surface area contributed by atoms with E-state index in [1.165, 1.54) is 19.3 Å². The van der Waals surface area contributed by atoms with Gasteiger partial charge in [-0.3, -0.25) is 0 Å². The lowest BCUT2D eigenvalue weighted by Crippen LogP contribution is -2.35. The second-order valence-electron chi connectivity index (χ2n) is 3.95. The second kappa shape index (κ2) is 6.01. The highest BCUT2D eigenvalue weighted by Gasteiger charge is 2.12. The molecule has 2 rings (SSSR count). The van der Waals surface area contributed by atoms with E-state index in [9.17, 15) is 0 Å². The first kappa shape index (κ1) is 11.6. The minimum atomic E-state index is 0.364. The van der Waals surface area contributed by atoms with Crippen molar-refractivity contribution in [3.8, 4) is 6.01 Å². The van der Waals surface area contributed by atoms with Gasteiger partial charge in [0.15, 0.2) is 0 Å². The summed E-state index contributed by atoms with van der Waals surface area (Å²) in [6.07, 6.45) is 6.43. The summed E-state index contributed by atoms with van der Waals surface area (Å²) in [6, 6.07) is 2.58. The highest BCUT2D eigenvalue weighted by molar-refractivity contribution is 6.29. The molecule has 88 valence electrons. The highest BCUT2D eigenvalue weighted by atomic mass is 35.5. The molecule has 0 spiro atoms. The van der Waals surface area contributed by atoms with Crippen LogP contribution < -0.4 is 10.1 Å². The largest absolute Gasteiger partial charge is 0.463 e. The van der Waals surface area contributed by atoms with E-state index in [4.69, 9.17) is 16.3 Å². The van der Waals surface area contributed by atoms with Crippen LogP contribution in [0.2, 0.25) is 5.15 Å². The molecular weight excluding hydrogens is 226 g/mol. The Morgan fingerprint density at radius 1 is 1.50 bits per heavy atom. The molecule has 1 aliphatic rings. The smallest absolute Gasteiger partial charge is 0.317 e. The van der Waals surface area contributed by atoms with Gasteiger partial charge in [-0.25, -0.2) is 4.98 Å². The number of ether oxygens (including phenoxy) is 1. The van der Waals surface area contributed by atoms with Gasteiger partial charge < -0.3 is 10.1 Å². The first-order valence-corrected chi connectivity index (χ1v) is 6.07. The van der Waals surface area contributed by atoms with Gasteiger partial charge in [-0.2, -0.15) is 4.98 Å². The number of nitrogens with zero attached hydrogens (tertiary/aromatic N) is 2. The maximum atomic E-state index is 5.73. The minimum absolute atomic E-state index is 0.364. The molecule has 0 aliphatic carbocycles. The molecule has 1 unspecified atom stereocenters. The fraction of sp³-hybridized carbons (Fsp3) is 0.636. The molecule has 0 aromatic carbocycles. The second-order valence-corrected chi connectivity index (χ2v) is 4.33. The fourth-order valence-electron chi connectivity index (χ4n) is 1.85. The van der Waals surface area contributed by atoms with Gasteiger partial charge in [-0.05, 0) is 31.9 Å². The van der Waals surface area contributed by atoms with E-state index >= 15 is 0 Å². The summed E-state index contributed by atoms with van der Waals surface area (Å²) in [6.45, 7) is 1.76. The van der Waals surface area contributed by atoms with Crippen LogP contribution in [-0.4, -0.2) is 29.2 Å². The Balaban J connectivity index is 1.71. The van der Waals surface area contributed by atoms with Gasteiger partial charge >= 0.3 is 6.01 Å². The van der Waals surface area contributed by atoms with Gasteiger partial charge in [0.05, 0.1) is 6.61 Å². The van der Waals surface area contributed by atoms with Gasteiger partial charge in [0.25, 0.3) is 0 Å². The van der Waals surface area contributed by atoms with E-state index in [1.807, 2.05) is 0 Å². The van der Waals surface area contributed by atoms with Crippen LogP contribution >= 0.6 is 11.6 Å². The Hall–Kier alpha value is -0.870. The predicted molar refractivity (Wildman–Crippen MR) is 62.8 cm³/mol. The number of hydrogen-bond donors (Lipinski definition) is 1. The van der Waals surface area contributed by atoms with Crippen molar-refractivity contribution in [1.82, 2.24) is 15.3 Å². The summed E-state index contributed by atoms with van der Waals surface area (Å²) >= 11 is 5.73. The topological polar surface area (TPSA) is 47.0 Å². The van der Waals surface area contributed by atoms with Crippen LogP contribution in [0.4, 0.5) is 0 Å². The first-order chi connectivity index (χ1) is 7.84. The van der Waals surface area contributed by atoms with E-state index in [0.29, 0.717) is 23.8 Å². The SMILES string of the molecule is Clc1ccnc(OCCC2CCCCN2)n1. The van der Waals surface area contributed by atoms with Crippen molar-refractivity contribution in [1.29, 1.82) is 0 Å². The van der Waals surface area contributed by atoms with Crippen molar-refractivity contribution >= 4 is 11.6 Å². The molecule has 16 heavy (non-hydrogen) atoms. The van der Waals surface area contributed by atoms with Crippen LogP contribution in [0.5, 0.6) is 6.01 Å². The number of halogens is 1. The number of rotatable bonds is 4. The van der Waals surface area contributed by atoms with Crippen LogP contribution in [0.1, 0.15) is 25.7 Å². The number of hydrogen-bond acceptors (Lipinski definition) is 4. The van der Waals surface area contributed by atoms with Crippen molar-refractivity contribution in [2.75, 3.05) is 13.2 Å². The molecule has 1 N–H and O–H groups in total. The molecule has 1 atom stereocenters. The van der Waals surface area contributed by atoms with Crippen LogP contribution in [0.15, 0.2) is 12.3 Å². The molecular formula is C11H16ClN3O. The van der Waals surface area contributed by atoms with Crippen molar-refractivity contribution < 1.29 is 4.74 Å². The van der Waals surface area contributed by atoms with Gasteiger partial charge in [0, 0.05) is 12.2 Å². The molecule has 1 aromatic heterocycles. The van der Waals surface area contributed by atoms with E-state index in [0.717, 1.165) is 13.0 Å². The van der Waals surface area contributed by atoms with Gasteiger partial charge in [-0.1, -0.05) is 18.0 Å². The summed E-state index contributed by atoms with van der Waals surface area (Å²) in [4.78, 5) is 7.95. The maximum absolute atomic E-state index is 5.73. The van der Waals surface area contributed by atoms with Crippen LogP contribution in [0.3, 0.4) is 0 Å². The molecule has 5 heteroatoms. The lowest BCUT2D eigenvalue weighted by atomic mass is 10.0. The van der Waals surface area contributed by atoms with Crippen LogP contribution in [0.25, 0.3) is 0 Å². The molecule has 2 heterocycles. The molecule has 1 aliphatic heterocycles. The Morgan fingerprint density at radius 3 is 3.19 bits per heavy atom. The van der Waals surface area contributed by atoms with Crippen molar-refractivity contribution in [2.24, 2.45) is 0 Å². The first-order valence-electron chi connectivity index (χ1n) is 5.69. The fourth-order valence-corrected chi connectivity index (χ4v) is 1.98. The Bertz CT molecular complexity index is 329. The Morgan fingerprint density at radius 2 is 2.44 bits per heavy atom. The number of nitrogens with one attached hydrogen (secondary N) is 1. The standard InChI is InChI=1S/C11H16ClN3O/c12-10-4-7-14-11(15-10)16-8-5-9-3-1-2-6-13-9/h4,7,9,13H,1-3,5-6,8H2. The molecule has 1 saturated heterocycles. The van der Waals surface area contributed by atoms with Crippen LogP contribution in [0, 0.1) is 0 Å². The number of aromatic nitrogens is 2.